The zero-order valence-corrected chi connectivity index (χ0v) is 33.8. The van der Waals surface area contributed by atoms with Crippen LogP contribution in [0.1, 0.15) is 16.7 Å². The van der Waals surface area contributed by atoms with E-state index in [2.05, 4.69) is 116 Å². The Kier molecular flexibility index (Phi) is 10.5. The van der Waals surface area contributed by atoms with Crippen LogP contribution in [0.4, 0.5) is 34.1 Å². The predicted molar refractivity (Wildman–Crippen MR) is 240 cm³/mol. The molecule has 0 bridgehead atoms. The second-order valence-corrected chi connectivity index (χ2v) is 14.9. The number of aryl methyl sites for hydroxylation is 1. The Hall–Kier alpha value is -7.33. The Balaban J connectivity index is 1.23. The molecule has 2 aromatic heterocycles. The van der Waals surface area contributed by atoms with Gasteiger partial charge in [0.25, 0.3) is 0 Å². The van der Waals surface area contributed by atoms with Gasteiger partial charge in [0.15, 0.2) is 0 Å². The lowest BCUT2D eigenvalue weighted by atomic mass is 10.1. The quantitative estimate of drug-likeness (QED) is 0.113. The molecule has 2 heterocycles. The molecule has 0 fully saturated rings. The summed E-state index contributed by atoms with van der Waals surface area (Å²) >= 11 is 0. The van der Waals surface area contributed by atoms with E-state index < -0.39 is 0 Å². The van der Waals surface area contributed by atoms with Crippen LogP contribution < -0.4 is 23.8 Å². The Morgan fingerprint density at radius 1 is 0.500 bits per heavy atom. The molecule has 9 nitrogen and oxygen atoms in total. The van der Waals surface area contributed by atoms with Crippen LogP contribution in [0.5, 0.6) is 11.5 Å². The molecule has 0 spiro atoms. The molecule has 0 aliphatic heterocycles. The largest absolute Gasteiger partial charge is 0.497 e. The Labute approximate surface area is 349 Å². The van der Waals surface area contributed by atoms with E-state index >= 15 is 0 Å². The maximum Gasteiger partial charge on any atom is 0.248 e. The van der Waals surface area contributed by atoms with Crippen molar-refractivity contribution in [3.8, 4) is 17.2 Å². The van der Waals surface area contributed by atoms with Crippen molar-refractivity contribution in [3.63, 3.8) is 0 Å². The van der Waals surface area contributed by atoms with Gasteiger partial charge in [-0.15, -0.1) is 0 Å². The predicted octanol–water partition coefficient (Wildman–Crippen LogP) is 10.4. The summed E-state index contributed by atoms with van der Waals surface area (Å²) in [7, 11) is 5.37. The maximum atomic E-state index is 9.86. The molecule has 0 amide bonds. The maximum absolute atomic E-state index is 9.86. The van der Waals surface area contributed by atoms with E-state index in [9.17, 15) is 10.2 Å². The van der Waals surface area contributed by atoms with Gasteiger partial charge in [0, 0.05) is 62.5 Å². The second-order valence-electron chi connectivity index (χ2n) is 14.9. The average Bonchev–Trinajstić information content (AvgIpc) is 3.88. The van der Waals surface area contributed by atoms with Gasteiger partial charge < -0.3 is 34.1 Å². The summed E-state index contributed by atoms with van der Waals surface area (Å²) in [5.41, 5.74) is 12.1. The highest BCUT2D eigenvalue weighted by Gasteiger charge is 2.20. The first-order chi connectivity index (χ1) is 29.4. The zero-order valence-electron chi connectivity index (χ0n) is 33.8. The second kappa shape index (κ2) is 16.5. The Morgan fingerprint density at radius 2 is 0.900 bits per heavy atom. The molecule has 9 rings (SSSR count). The van der Waals surface area contributed by atoms with E-state index in [1.54, 1.807) is 14.2 Å². The molecule has 0 radical (unpaired) electrons. The van der Waals surface area contributed by atoms with Gasteiger partial charge in [0.1, 0.15) is 29.6 Å². The number of fused-ring (bicyclic) bond motifs is 3. The normalized spacial score (nSPS) is 11.3. The minimum absolute atomic E-state index is 0.0243. The number of hydrogen-bond donors (Lipinski definition) is 2. The van der Waals surface area contributed by atoms with Crippen molar-refractivity contribution < 1.29 is 24.3 Å². The van der Waals surface area contributed by atoms with Gasteiger partial charge in [0.05, 0.1) is 34.5 Å². The van der Waals surface area contributed by atoms with Crippen LogP contribution in [0.3, 0.4) is 0 Å². The number of benzene rings is 7. The summed E-state index contributed by atoms with van der Waals surface area (Å²) in [4.78, 5) is 4.47. The first-order valence-electron chi connectivity index (χ1n) is 19.9. The highest BCUT2D eigenvalue weighted by Crippen LogP contribution is 2.42. The number of aliphatic hydroxyl groups excluding tert-OH is 2. The number of imidazole rings is 1. The molecule has 0 aliphatic carbocycles. The number of aromatic nitrogens is 3. The van der Waals surface area contributed by atoms with Crippen molar-refractivity contribution in [2.75, 3.05) is 24.0 Å². The van der Waals surface area contributed by atoms with Gasteiger partial charge in [-0.2, -0.15) is 0 Å². The van der Waals surface area contributed by atoms with Crippen molar-refractivity contribution in [2.45, 2.75) is 19.8 Å². The molecule has 9 heteroatoms. The van der Waals surface area contributed by atoms with E-state index in [1.807, 2.05) is 90.6 Å². The van der Waals surface area contributed by atoms with Crippen molar-refractivity contribution in [1.29, 1.82) is 0 Å². The number of anilines is 6. The van der Waals surface area contributed by atoms with Crippen LogP contribution in [0.2, 0.25) is 0 Å². The van der Waals surface area contributed by atoms with Crippen LogP contribution in [0, 0.1) is 0 Å². The van der Waals surface area contributed by atoms with Crippen molar-refractivity contribution >= 4 is 55.9 Å². The summed E-state index contributed by atoms with van der Waals surface area (Å²) < 4.78 is 17.6. The van der Waals surface area contributed by atoms with Gasteiger partial charge in [-0.1, -0.05) is 36.4 Å². The van der Waals surface area contributed by atoms with E-state index in [1.165, 1.54) is 5.56 Å². The first kappa shape index (κ1) is 38.2. The number of rotatable bonds is 13. The molecule has 0 saturated heterocycles. The third-order valence-corrected chi connectivity index (χ3v) is 11.1. The Bertz CT molecular complexity index is 2630. The molecule has 0 atom stereocenters. The lowest BCUT2D eigenvalue weighted by Gasteiger charge is -2.26. The van der Waals surface area contributed by atoms with E-state index in [4.69, 9.17) is 9.47 Å². The highest BCUT2D eigenvalue weighted by molar-refractivity contribution is 6.11. The molecular formula is C51H46N5O4+. The molecule has 0 saturated carbocycles. The van der Waals surface area contributed by atoms with Crippen LogP contribution >= 0.6 is 0 Å². The SMILES string of the molecule is COc1ccc(N(c2ccc(CO)cc2)c2ccc3c(c2)c2cc(N(c4ccc(CO)cc4)c4ccc(OC)cc4)ccc2n3Cc2ccc(-n3cc[n+](C)c3)cc2)cc1. The van der Waals surface area contributed by atoms with Crippen LogP contribution in [-0.4, -0.2) is 33.6 Å². The number of aliphatic hydroxyl groups is 2. The molecule has 0 aliphatic rings. The lowest BCUT2D eigenvalue weighted by molar-refractivity contribution is -0.670. The van der Waals surface area contributed by atoms with Gasteiger partial charge in [-0.25, -0.2) is 9.13 Å². The summed E-state index contributed by atoms with van der Waals surface area (Å²) in [6.07, 6.45) is 6.15. The summed E-state index contributed by atoms with van der Waals surface area (Å²) in [6.45, 7) is 0.626. The fourth-order valence-corrected chi connectivity index (χ4v) is 7.95. The molecule has 7 aromatic carbocycles. The number of methoxy groups -OCH3 is 2. The van der Waals surface area contributed by atoms with Gasteiger partial charge in [0.2, 0.25) is 6.33 Å². The minimum atomic E-state index is -0.0243. The molecule has 298 valence electrons. The van der Waals surface area contributed by atoms with E-state index in [0.29, 0.717) is 6.54 Å². The van der Waals surface area contributed by atoms with Crippen LogP contribution in [0.15, 0.2) is 176 Å². The van der Waals surface area contributed by atoms with Crippen LogP contribution in [-0.2, 0) is 26.8 Å². The molecular weight excluding hydrogens is 747 g/mol. The van der Waals surface area contributed by atoms with E-state index in [-0.39, 0.29) is 13.2 Å². The minimum Gasteiger partial charge on any atom is -0.497 e. The zero-order chi connectivity index (χ0) is 41.2. The first-order valence-corrected chi connectivity index (χ1v) is 19.9. The fourth-order valence-electron chi connectivity index (χ4n) is 7.95. The molecule has 60 heavy (non-hydrogen) atoms. The number of nitrogens with zero attached hydrogens (tertiary/aromatic N) is 5. The third-order valence-electron chi connectivity index (χ3n) is 11.1. The third kappa shape index (κ3) is 7.43. The monoisotopic (exact) mass is 792 g/mol. The Morgan fingerprint density at radius 3 is 1.28 bits per heavy atom. The molecule has 2 N–H and O–H groups in total. The standard InChI is InChI=1S/C51H46N5O4/c1-52-28-29-53(35-52)39-10-4-36(5-11-39)32-54-50-26-20-44(55(40-12-6-37(33-57)7-13-40)42-16-22-46(59-2)23-17-42)30-48(50)49-31-45(21-27-51(49)54)56(41-14-8-38(34-58)9-15-41)43-18-24-47(60-3)25-19-43/h4-31,35,57-58H,32-34H2,1-3H3/q+1. The van der Waals surface area contributed by atoms with Crippen molar-refractivity contribution in [1.82, 2.24) is 9.13 Å². The summed E-state index contributed by atoms with van der Waals surface area (Å²) in [5, 5.41) is 21.9. The van der Waals surface area contributed by atoms with Gasteiger partial charge >= 0.3 is 0 Å². The number of ether oxygens (including phenoxy) is 2. The molecule has 9 aromatic rings. The van der Waals surface area contributed by atoms with E-state index in [0.717, 1.165) is 84.2 Å². The van der Waals surface area contributed by atoms with Crippen molar-refractivity contribution in [2.24, 2.45) is 7.05 Å². The van der Waals surface area contributed by atoms with Gasteiger partial charge in [-0.3, -0.25) is 0 Å². The topological polar surface area (TPSA) is 79.1 Å². The van der Waals surface area contributed by atoms with Crippen molar-refractivity contribution in [3.05, 3.63) is 193 Å². The highest BCUT2D eigenvalue weighted by atomic mass is 16.5. The average molecular weight is 793 g/mol. The lowest BCUT2D eigenvalue weighted by Crippen LogP contribution is -2.23. The fraction of sp³-hybridized carbons (Fsp3) is 0.118. The smallest absolute Gasteiger partial charge is 0.248 e. The summed E-state index contributed by atoms with van der Waals surface area (Å²) in [5.74, 6) is 1.56. The van der Waals surface area contributed by atoms with Crippen LogP contribution in [0.25, 0.3) is 27.5 Å². The number of hydrogen-bond acceptors (Lipinski definition) is 6. The van der Waals surface area contributed by atoms with Gasteiger partial charge in [-0.05, 0) is 138 Å². The molecule has 0 unspecified atom stereocenters. The summed E-state index contributed by atoms with van der Waals surface area (Å²) in [6, 6.07) is 54.4.